The van der Waals surface area contributed by atoms with E-state index in [9.17, 15) is 14.4 Å². The number of nitrogens with zero attached hydrogens (tertiary/aromatic N) is 3. The second-order valence-electron chi connectivity index (χ2n) is 9.95. The lowest BCUT2D eigenvalue weighted by Crippen LogP contribution is -2.47. The van der Waals surface area contributed by atoms with E-state index in [-0.39, 0.29) is 28.2 Å². The molecule has 40 heavy (non-hydrogen) atoms. The Morgan fingerprint density at radius 1 is 1.07 bits per heavy atom. The fourth-order valence-corrected chi connectivity index (χ4v) is 5.68. The molecule has 0 bridgehead atoms. The first-order valence-electron chi connectivity index (χ1n) is 13.4. The highest BCUT2D eigenvalue weighted by Gasteiger charge is 2.38. The van der Waals surface area contributed by atoms with Crippen molar-refractivity contribution in [3.63, 3.8) is 0 Å². The van der Waals surface area contributed by atoms with E-state index in [0.717, 1.165) is 49.3 Å². The number of carbonyl (C=O) groups excluding carboxylic acids is 3. The van der Waals surface area contributed by atoms with Gasteiger partial charge in [0.25, 0.3) is 11.8 Å². The number of aromatic nitrogens is 1. The first-order chi connectivity index (χ1) is 19.2. The van der Waals surface area contributed by atoms with Gasteiger partial charge in [0.1, 0.15) is 16.7 Å². The van der Waals surface area contributed by atoms with Gasteiger partial charge in [0.15, 0.2) is 5.69 Å². The first-order valence-corrected chi connectivity index (χ1v) is 14.2. The third-order valence-electron chi connectivity index (χ3n) is 6.98. The average Bonchev–Trinajstić information content (AvgIpc) is 3.34. The van der Waals surface area contributed by atoms with Crippen molar-refractivity contribution < 1.29 is 19.1 Å². The molecule has 0 aliphatic heterocycles. The summed E-state index contributed by atoms with van der Waals surface area (Å²) in [5, 5.41) is 3.20. The van der Waals surface area contributed by atoms with Crippen LogP contribution in [0.4, 0.5) is 17.1 Å². The molecule has 1 atom stereocenters. The summed E-state index contributed by atoms with van der Waals surface area (Å²) in [6, 6.07) is 13.5. The van der Waals surface area contributed by atoms with Crippen molar-refractivity contribution in [3.05, 3.63) is 64.7 Å². The SMILES string of the molecule is CCOc1ccccc1N(C(=O)c1snc(C(N)=O)c1N)C(C(=O)NC1CCCCC1)c1ccc(N(C)C)cc1. The Bertz CT molecular complexity index is 1350. The Labute approximate surface area is 238 Å². The zero-order valence-electron chi connectivity index (χ0n) is 23.1. The predicted molar refractivity (Wildman–Crippen MR) is 158 cm³/mol. The molecule has 11 heteroatoms. The van der Waals surface area contributed by atoms with Crippen LogP contribution in [0.5, 0.6) is 5.75 Å². The largest absolute Gasteiger partial charge is 0.492 e. The minimum Gasteiger partial charge on any atom is -0.492 e. The zero-order valence-corrected chi connectivity index (χ0v) is 23.9. The molecule has 1 aliphatic carbocycles. The van der Waals surface area contributed by atoms with Crippen LogP contribution < -0.4 is 31.3 Å². The molecule has 0 saturated heterocycles. The monoisotopic (exact) mass is 564 g/mol. The van der Waals surface area contributed by atoms with E-state index in [0.29, 0.717) is 23.6 Å². The fraction of sp³-hybridized carbons (Fsp3) is 0.379. The third kappa shape index (κ3) is 6.20. The van der Waals surface area contributed by atoms with Crippen molar-refractivity contribution in [2.45, 2.75) is 51.1 Å². The minimum atomic E-state index is -1.06. The number of anilines is 3. The molecular weight excluding hydrogens is 528 g/mol. The second kappa shape index (κ2) is 12.8. The Balaban J connectivity index is 1.89. The Kier molecular flexibility index (Phi) is 9.26. The van der Waals surface area contributed by atoms with Crippen molar-refractivity contribution in [2.24, 2.45) is 5.73 Å². The number of benzene rings is 2. The topological polar surface area (TPSA) is 144 Å². The van der Waals surface area contributed by atoms with Gasteiger partial charge in [0, 0.05) is 25.8 Å². The molecule has 1 heterocycles. The molecule has 1 aromatic heterocycles. The van der Waals surface area contributed by atoms with Crippen LogP contribution >= 0.6 is 11.5 Å². The van der Waals surface area contributed by atoms with Crippen molar-refractivity contribution in [1.29, 1.82) is 0 Å². The highest BCUT2D eigenvalue weighted by atomic mass is 32.1. The zero-order chi connectivity index (χ0) is 28.8. The van der Waals surface area contributed by atoms with E-state index in [1.807, 2.05) is 50.2 Å². The van der Waals surface area contributed by atoms with Gasteiger partial charge in [-0.3, -0.25) is 19.3 Å². The maximum atomic E-state index is 14.4. The van der Waals surface area contributed by atoms with Crippen LogP contribution in [0.25, 0.3) is 0 Å². The van der Waals surface area contributed by atoms with Crippen LogP contribution in [0.3, 0.4) is 0 Å². The molecule has 1 saturated carbocycles. The van der Waals surface area contributed by atoms with E-state index >= 15 is 0 Å². The number of ether oxygens (including phenoxy) is 1. The number of rotatable bonds is 10. The van der Waals surface area contributed by atoms with E-state index in [1.165, 1.54) is 4.90 Å². The summed E-state index contributed by atoms with van der Waals surface area (Å²) in [5.41, 5.74) is 13.3. The predicted octanol–water partition coefficient (Wildman–Crippen LogP) is 4.13. The number of nitrogen functional groups attached to an aromatic ring is 1. The van der Waals surface area contributed by atoms with E-state index < -0.39 is 17.9 Å². The van der Waals surface area contributed by atoms with Crippen LogP contribution in [0, 0.1) is 0 Å². The van der Waals surface area contributed by atoms with Crippen molar-refractivity contribution in [1.82, 2.24) is 9.69 Å². The van der Waals surface area contributed by atoms with Crippen molar-refractivity contribution in [3.8, 4) is 5.75 Å². The van der Waals surface area contributed by atoms with Crippen molar-refractivity contribution in [2.75, 3.05) is 36.2 Å². The number of hydrogen-bond donors (Lipinski definition) is 3. The molecule has 2 aromatic carbocycles. The second-order valence-corrected chi connectivity index (χ2v) is 10.7. The average molecular weight is 565 g/mol. The molecule has 0 radical (unpaired) electrons. The Morgan fingerprint density at radius 2 is 1.75 bits per heavy atom. The number of carbonyl (C=O) groups is 3. The van der Waals surface area contributed by atoms with E-state index in [2.05, 4.69) is 9.69 Å². The Hall–Kier alpha value is -4.12. The summed E-state index contributed by atoms with van der Waals surface area (Å²) >= 11 is 0.775. The van der Waals surface area contributed by atoms with Crippen LogP contribution in [0.15, 0.2) is 48.5 Å². The molecule has 212 valence electrons. The number of nitrogens with one attached hydrogen (secondary N) is 1. The molecule has 3 amide bonds. The number of nitrogens with two attached hydrogens (primary N) is 2. The molecule has 3 aromatic rings. The van der Waals surface area contributed by atoms with Gasteiger partial charge in [-0.05, 0) is 61.1 Å². The summed E-state index contributed by atoms with van der Waals surface area (Å²) in [4.78, 5) is 43.8. The lowest BCUT2D eigenvalue weighted by atomic mass is 9.94. The van der Waals surface area contributed by atoms with Crippen LogP contribution in [0.1, 0.15) is 70.8 Å². The van der Waals surface area contributed by atoms with Gasteiger partial charge >= 0.3 is 0 Å². The first kappa shape index (κ1) is 28.9. The lowest BCUT2D eigenvalue weighted by Gasteiger charge is -2.34. The standard InChI is InChI=1S/C29H36N6O4S/c1-4-39-22-13-9-8-12-21(22)35(29(38)26-23(30)24(27(31)36)33-40-26)25(18-14-16-20(17-15-18)34(2)3)28(37)32-19-10-6-5-7-11-19/h8-9,12-17,19,25H,4-7,10-11,30H2,1-3H3,(H2,31,36)(H,32,37). The van der Waals surface area contributed by atoms with Crippen LogP contribution in [0.2, 0.25) is 0 Å². The molecule has 1 unspecified atom stereocenters. The summed E-state index contributed by atoms with van der Waals surface area (Å²) in [6.07, 6.45) is 4.98. The summed E-state index contributed by atoms with van der Waals surface area (Å²) in [7, 11) is 3.86. The minimum absolute atomic E-state index is 0.0128. The van der Waals surface area contributed by atoms with Gasteiger partial charge in [0.2, 0.25) is 5.91 Å². The van der Waals surface area contributed by atoms with Gasteiger partial charge in [-0.2, -0.15) is 4.37 Å². The fourth-order valence-electron chi connectivity index (χ4n) is 4.94. The smallest absolute Gasteiger partial charge is 0.273 e. The summed E-state index contributed by atoms with van der Waals surface area (Å²) in [5.74, 6) is -1.31. The molecule has 10 nitrogen and oxygen atoms in total. The molecule has 1 aliphatic rings. The number of para-hydroxylation sites is 2. The van der Waals surface area contributed by atoms with Gasteiger partial charge in [-0.25, -0.2) is 0 Å². The van der Waals surface area contributed by atoms with Gasteiger partial charge in [0.05, 0.1) is 18.0 Å². The lowest BCUT2D eigenvalue weighted by molar-refractivity contribution is -0.123. The van der Waals surface area contributed by atoms with E-state index in [4.69, 9.17) is 16.2 Å². The van der Waals surface area contributed by atoms with Gasteiger partial charge in [-0.1, -0.05) is 43.5 Å². The highest BCUT2D eigenvalue weighted by Crippen LogP contribution is 2.38. The van der Waals surface area contributed by atoms with Gasteiger partial charge < -0.3 is 26.4 Å². The highest BCUT2D eigenvalue weighted by molar-refractivity contribution is 7.09. The number of hydrogen-bond acceptors (Lipinski definition) is 8. The van der Waals surface area contributed by atoms with E-state index in [1.54, 1.807) is 24.3 Å². The molecule has 0 spiro atoms. The summed E-state index contributed by atoms with van der Waals surface area (Å²) < 4.78 is 9.92. The number of primary amides is 1. The maximum Gasteiger partial charge on any atom is 0.273 e. The quantitative estimate of drug-likeness (QED) is 0.336. The molecule has 1 fully saturated rings. The normalized spacial score (nSPS) is 14.3. The van der Waals surface area contributed by atoms with Crippen LogP contribution in [-0.2, 0) is 4.79 Å². The third-order valence-corrected chi connectivity index (χ3v) is 7.83. The summed E-state index contributed by atoms with van der Waals surface area (Å²) in [6.45, 7) is 2.19. The maximum absolute atomic E-state index is 14.4. The number of amides is 3. The Morgan fingerprint density at radius 3 is 2.35 bits per heavy atom. The van der Waals surface area contributed by atoms with Crippen molar-refractivity contribution >= 4 is 46.3 Å². The molecule has 4 rings (SSSR count). The van der Waals surface area contributed by atoms with Crippen LogP contribution in [-0.4, -0.2) is 48.8 Å². The van der Waals surface area contributed by atoms with Gasteiger partial charge in [-0.15, -0.1) is 0 Å². The molecular formula is C29H36N6O4S. The molecule has 5 N–H and O–H groups in total.